The zero-order chi connectivity index (χ0) is 21.4. The summed E-state index contributed by atoms with van der Waals surface area (Å²) in [5, 5.41) is 10.9. The van der Waals surface area contributed by atoms with Gasteiger partial charge in [-0.15, -0.1) is 0 Å². The van der Waals surface area contributed by atoms with Crippen LogP contribution < -0.4 is 10.2 Å². The van der Waals surface area contributed by atoms with E-state index < -0.39 is 0 Å². The number of nitrogens with one attached hydrogen (secondary N) is 2. The molecule has 2 aliphatic rings. The van der Waals surface area contributed by atoms with Gasteiger partial charge in [0.2, 0.25) is 11.9 Å². The SMILES string of the molecule is CN(C)C(=O)C1CCCN1c1nc2c(c(Nc3cc(-c4ccccc4)[nH]n3)n1)CCC2. The summed E-state index contributed by atoms with van der Waals surface area (Å²) in [4.78, 5) is 26.1. The van der Waals surface area contributed by atoms with E-state index in [1.165, 1.54) is 0 Å². The number of likely N-dealkylation sites (N-methyl/N-ethyl adjacent to an activating group) is 1. The maximum absolute atomic E-state index is 12.7. The Balaban J connectivity index is 1.45. The quantitative estimate of drug-likeness (QED) is 0.663. The third kappa shape index (κ3) is 3.73. The highest BCUT2D eigenvalue weighted by atomic mass is 16.2. The minimum Gasteiger partial charge on any atom is -0.347 e. The molecule has 0 spiro atoms. The van der Waals surface area contributed by atoms with Gasteiger partial charge in [0, 0.05) is 32.3 Å². The first-order valence-corrected chi connectivity index (χ1v) is 10.9. The van der Waals surface area contributed by atoms with Crippen LogP contribution in [0.3, 0.4) is 0 Å². The molecule has 1 fully saturated rings. The lowest BCUT2D eigenvalue weighted by atomic mass is 10.1. The topological polar surface area (TPSA) is 90.0 Å². The number of anilines is 3. The molecule has 0 bridgehead atoms. The molecule has 1 aliphatic carbocycles. The molecule has 3 heterocycles. The van der Waals surface area contributed by atoms with E-state index in [1.54, 1.807) is 19.0 Å². The van der Waals surface area contributed by atoms with Gasteiger partial charge in [-0.05, 0) is 37.7 Å². The number of nitrogens with zero attached hydrogens (tertiary/aromatic N) is 5. The van der Waals surface area contributed by atoms with Crippen molar-refractivity contribution < 1.29 is 4.79 Å². The number of carbonyl (C=O) groups is 1. The molecule has 5 rings (SSSR count). The van der Waals surface area contributed by atoms with Crippen LogP contribution in [0.4, 0.5) is 17.6 Å². The van der Waals surface area contributed by atoms with Crippen molar-refractivity contribution in [1.29, 1.82) is 0 Å². The number of benzene rings is 1. The van der Waals surface area contributed by atoms with Crippen molar-refractivity contribution >= 4 is 23.5 Å². The summed E-state index contributed by atoms with van der Waals surface area (Å²) in [6, 6.07) is 11.9. The minimum absolute atomic E-state index is 0.107. The standard InChI is InChI=1S/C23H27N7O/c1-29(2)22(31)19-12-7-13-30(19)23-24-17-11-6-10-16(17)21(26-23)25-20-14-18(27-28-20)15-8-4-3-5-9-15/h3-5,8-9,14,19H,6-7,10-13H2,1-2H3,(H2,24,25,26,27,28). The van der Waals surface area contributed by atoms with Gasteiger partial charge in [0.1, 0.15) is 11.9 Å². The number of hydrogen-bond acceptors (Lipinski definition) is 6. The Bertz CT molecular complexity index is 1090. The largest absolute Gasteiger partial charge is 0.347 e. The van der Waals surface area contributed by atoms with Gasteiger partial charge in [0.25, 0.3) is 0 Å². The second-order valence-corrected chi connectivity index (χ2v) is 8.39. The van der Waals surface area contributed by atoms with E-state index in [0.717, 1.165) is 72.8 Å². The highest BCUT2D eigenvalue weighted by molar-refractivity contribution is 5.85. The fraction of sp³-hybridized carbons (Fsp3) is 0.391. The van der Waals surface area contributed by atoms with Crippen LogP contribution in [0.5, 0.6) is 0 Å². The Morgan fingerprint density at radius 2 is 2.00 bits per heavy atom. The van der Waals surface area contributed by atoms with Crippen molar-refractivity contribution in [3.8, 4) is 11.3 Å². The van der Waals surface area contributed by atoms with Gasteiger partial charge < -0.3 is 15.1 Å². The van der Waals surface area contributed by atoms with Crippen LogP contribution in [0.15, 0.2) is 36.4 Å². The van der Waals surface area contributed by atoms with Crippen molar-refractivity contribution in [2.24, 2.45) is 0 Å². The molecular formula is C23H27N7O. The first-order valence-electron chi connectivity index (χ1n) is 10.9. The van der Waals surface area contributed by atoms with Crippen LogP contribution in [-0.2, 0) is 17.6 Å². The van der Waals surface area contributed by atoms with Crippen LogP contribution in [0.2, 0.25) is 0 Å². The molecule has 3 aromatic rings. The van der Waals surface area contributed by atoms with E-state index in [-0.39, 0.29) is 11.9 Å². The first-order chi connectivity index (χ1) is 15.1. The van der Waals surface area contributed by atoms with Crippen molar-refractivity contribution in [3.63, 3.8) is 0 Å². The summed E-state index contributed by atoms with van der Waals surface area (Å²) >= 11 is 0. The fourth-order valence-electron chi connectivity index (χ4n) is 4.48. The molecule has 1 unspecified atom stereocenters. The van der Waals surface area contributed by atoms with Gasteiger partial charge in [-0.25, -0.2) is 4.98 Å². The maximum atomic E-state index is 12.7. The number of aryl methyl sites for hydroxylation is 1. The molecule has 2 aromatic heterocycles. The molecule has 31 heavy (non-hydrogen) atoms. The Morgan fingerprint density at radius 1 is 1.16 bits per heavy atom. The number of aromatic amines is 1. The summed E-state index contributed by atoms with van der Waals surface area (Å²) in [5.74, 6) is 2.27. The molecule has 1 saturated heterocycles. The van der Waals surface area contributed by atoms with Gasteiger partial charge in [-0.1, -0.05) is 30.3 Å². The normalized spacial score (nSPS) is 17.6. The third-order valence-corrected chi connectivity index (χ3v) is 6.07. The zero-order valence-electron chi connectivity index (χ0n) is 17.9. The Hall–Kier alpha value is -3.42. The summed E-state index contributed by atoms with van der Waals surface area (Å²) in [7, 11) is 3.61. The summed E-state index contributed by atoms with van der Waals surface area (Å²) in [6.07, 6.45) is 4.76. The Morgan fingerprint density at radius 3 is 2.81 bits per heavy atom. The van der Waals surface area contributed by atoms with Gasteiger partial charge >= 0.3 is 0 Å². The van der Waals surface area contributed by atoms with Gasteiger partial charge in [0.05, 0.1) is 11.4 Å². The molecule has 1 atom stereocenters. The smallest absolute Gasteiger partial charge is 0.244 e. The molecular weight excluding hydrogens is 390 g/mol. The zero-order valence-corrected chi connectivity index (χ0v) is 17.9. The minimum atomic E-state index is -0.197. The Kier molecular flexibility index (Phi) is 5.05. The molecule has 8 heteroatoms. The number of carbonyl (C=O) groups excluding carboxylic acids is 1. The van der Waals surface area contributed by atoms with Crippen molar-refractivity contribution in [2.75, 3.05) is 30.9 Å². The average Bonchev–Trinajstić information content (AvgIpc) is 3.53. The lowest BCUT2D eigenvalue weighted by molar-refractivity contribution is -0.129. The van der Waals surface area contributed by atoms with Crippen LogP contribution in [0, 0.1) is 0 Å². The first kappa shape index (κ1) is 19.5. The molecule has 8 nitrogen and oxygen atoms in total. The van der Waals surface area contributed by atoms with Gasteiger partial charge in [-0.3, -0.25) is 9.89 Å². The molecule has 1 amide bonds. The number of amides is 1. The van der Waals surface area contributed by atoms with E-state index in [2.05, 4.69) is 20.4 Å². The molecule has 0 radical (unpaired) electrons. The van der Waals surface area contributed by atoms with E-state index in [0.29, 0.717) is 5.95 Å². The van der Waals surface area contributed by atoms with E-state index in [9.17, 15) is 4.79 Å². The van der Waals surface area contributed by atoms with Gasteiger partial charge in [0.15, 0.2) is 5.82 Å². The molecule has 1 aliphatic heterocycles. The van der Waals surface area contributed by atoms with E-state index in [1.807, 2.05) is 36.4 Å². The number of aromatic nitrogens is 4. The highest BCUT2D eigenvalue weighted by Crippen LogP contribution is 2.33. The van der Waals surface area contributed by atoms with Crippen LogP contribution in [0.1, 0.15) is 30.5 Å². The van der Waals surface area contributed by atoms with Gasteiger partial charge in [-0.2, -0.15) is 10.1 Å². The van der Waals surface area contributed by atoms with Crippen LogP contribution in [0.25, 0.3) is 11.3 Å². The number of fused-ring (bicyclic) bond motifs is 1. The number of hydrogen-bond donors (Lipinski definition) is 2. The highest BCUT2D eigenvalue weighted by Gasteiger charge is 2.34. The second kappa shape index (κ2) is 8.02. The van der Waals surface area contributed by atoms with Crippen molar-refractivity contribution in [2.45, 2.75) is 38.1 Å². The number of H-pyrrole nitrogens is 1. The lowest BCUT2D eigenvalue weighted by Crippen LogP contribution is -2.43. The average molecular weight is 418 g/mol. The second-order valence-electron chi connectivity index (χ2n) is 8.39. The van der Waals surface area contributed by atoms with Crippen LogP contribution in [-0.4, -0.2) is 57.7 Å². The van der Waals surface area contributed by atoms with Crippen molar-refractivity contribution in [1.82, 2.24) is 25.1 Å². The third-order valence-electron chi connectivity index (χ3n) is 6.07. The monoisotopic (exact) mass is 417 g/mol. The van der Waals surface area contributed by atoms with E-state index >= 15 is 0 Å². The maximum Gasteiger partial charge on any atom is 0.244 e. The summed E-state index contributed by atoms with van der Waals surface area (Å²) < 4.78 is 0. The predicted molar refractivity (Wildman–Crippen MR) is 120 cm³/mol. The van der Waals surface area contributed by atoms with E-state index in [4.69, 9.17) is 9.97 Å². The van der Waals surface area contributed by atoms with Crippen molar-refractivity contribution in [3.05, 3.63) is 47.7 Å². The molecule has 1 aromatic carbocycles. The number of rotatable bonds is 5. The molecule has 2 N–H and O–H groups in total. The Labute approximate surface area is 181 Å². The molecule has 160 valence electrons. The molecule has 0 saturated carbocycles. The lowest BCUT2D eigenvalue weighted by Gasteiger charge is -2.27. The predicted octanol–water partition coefficient (Wildman–Crippen LogP) is 3.16. The summed E-state index contributed by atoms with van der Waals surface area (Å²) in [5.41, 5.74) is 4.26. The fourth-order valence-corrected chi connectivity index (χ4v) is 4.48. The summed E-state index contributed by atoms with van der Waals surface area (Å²) in [6.45, 7) is 0.795. The van der Waals surface area contributed by atoms with Crippen LogP contribution >= 0.6 is 0 Å².